The summed E-state index contributed by atoms with van der Waals surface area (Å²) in [7, 11) is 1.97. The first-order chi connectivity index (χ1) is 15.1. The maximum absolute atomic E-state index is 13.1. The molecule has 0 saturated carbocycles. The van der Waals surface area contributed by atoms with Gasteiger partial charge < -0.3 is 15.1 Å². The predicted octanol–water partition coefficient (Wildman–Crippen LogP) is 3.22. The number of hydrogen-bond acceptors (Lipinski definition) is 5. The average molecular weight is 448 g/mol. The van der Waals surface area contributed by atoms with Crippen molar-refractivity contribution in [1.82, 2.24) is 10.2 Å². The first-order valence-corrected chi connectivity index (χ1v) is 10.3. The zero-order valence-corrected chi connectivity index (χ0v) is 17.4. The molecular formula is C22H23F3N4O3. The summed E-state index contributed by atoms with van der Waals surface area (Å²) in [4.78, 5) is 28.1. The minimum Gasteiger partial charge on any atom is -0.365 e. The van der Waals surface area contributed by atoms with Crippen LogP contribution in [0.2, 0.25) is 0 Å². The van der Waals surface area contributed by atoms with E-state index in [4.69, 9.17) is 0 Å². The van der Waals surface area contributed by atoms with E-state index < -0.39 is 22.6 Å². The number of non-ortho nitro benzene ring substituents is 1. The molecule has 32 heavy (non-hydrogen) atoms. The molecule has 1 N–H and O–H groups in total. The monoisotopic (exact) mass is 448 g/mol. The molecular weight excluding hydrogens is 425 g/mol. The Labute approximate surface area is 183 Å². The van der Waals surface area contributed by atoms with E-state index in [2.05, 4.69) is 15.1 Å². The maximum atomic E-state index is 13.1. The Morgan fingerprint density at radius 1 is 1.22 bits per heavy atom. The van der Waals surface area contributed by atoms with Crippen molar-refractivity contribution >= 4 is 17.3 Å². The highest BCUT2D eigenvalue weighted by Crippen LogP contribution is 2.37. The first kappa shape index (κ1) is 22.1. The van der Waals surface area contributed by atoms with E-state index in [1.54, 1.807) is 6.07 Å². The van der Waals surface area contributed by atoms with E-state index in [1.807, 2.05) is 7.05 Å². The second kappa shape index (κ2) is 8.42. The number of fused-ring (bicyclic) bond motifs is 3. The van der Waals surface area contributed by atoms with Crippen LogP contribution in [0.3, 0.4) is 0 Å². The number of nitro benzene ring substituents is 1. The third kappa shape index (κ3) is 4.40. The molecule has 2 aliphatic rings. The molecule has 7 nitrogen and oxygen atoms in total. The topological polar surface area (TPSA) is 78.7 Å². The summed E-state index contributed by atoms with van der Waals surface area (Å²) in [6.45, 7) is 2.11. The number of nitrogens with one attached hydrogen (secondary N) is 1. The molecule has 1 amide bonds. The van der Waals surface area contributed by atoms with E-state index >= 15 is 0 Å². The average Bonchev–Trinajstić information content (AvgIpc) is 2.75. The van der Waals surface area contributed by atoms with Crippen molar-refractivity contribution in [2.24, 2.45) is 5.92 Å². The minimum absolute atomic E-state index is 0.0242. The molecule has 2 atom stereocenters. The molecule has 10 heteroatoms. The summed E-state index contributed by atoms with van der Waals surface area (Å²) in [5, 5.41) is 14.0. The Kier molecular flexibility index (Phi) is 5.81. The molecule has 0 bridgehead atoms. The molecule has 0 aromatic heterocycles. The summed E-state index contributed by atoms with van der Waals surface area (Å²) in [6, 6.07) is 9.48. The van der Waals surface area contributed by atoms with Gasteiger partial charge in [-0.15, -0.1) is 0 Å². The Morgan fingerprint density at radius 2 is 2.00 bits per heavy atom. The number of anilines is 1. The predicted molar refractivity (Wildman–Crippen MR) is 112 cm³/mol. The lowest BCUT2D eigenvalue weighted by molar-refractivity contribution is -0.384. The van der Waals surface area contributed by atoms with E-state index in [0.717, 1.165) is 29.9 Å². The molecule has 2 aliphatic heterocycles. The van der Waals surface area contributed by atoms with Gasteiger partial charge in [0.15, 0.2) is 0 Å². The van der Waals surface area contributed by atoms with Gasteiger partial charge in [0.1, 0.15) is 0 Å². The first-order valence-electron chi connectivity index (χ1n) is 10.3. The maximum Gasteiger partial charge on any atom is 0.416 e. The highest BCUT2D eigenvalue weighted by atomic mass is 19.4. The molecule has 2 heterocycles. The van der Waals surface area contributed by atoms with Crippen LogP contribution in [0, 0.1) is 16.0 Å². The van der Waals surface area contributed by atoms with Gasteiger partial charge in [-0.2, -0.15) is 13.2 Å². The largest absolute Gasteiger partial charge is 0.416 e. The molecule has 170 valence electrons. The summed E-state index contributed by atoms with van der Waals surface area (Å²) in [6.07, 6.45) is -4.12. The molecule has 2 aromatic rings. The number of nitro groups is 1. The molecule has 4 rings (SSSR count). The molecule has 2 aromatic carbocycles. The molecule has 0 spiro atoms. The summed E-state index contributed by atoms with van der Waals surface area (Å²) in [5.74, 6) is -0.747. The SMILES string of the molecule is CN1CCN2c3ccc([N+](=O)[O-])cc3C[C@@H](C(=O)NCc3cccc(C(F)(F)F)c3)[C@H]2C1. The van der Waals surface area contributed by atoms with Gasteiger partial charge in [-0.1, -0.05) is 12.1 Å². The van der Waals surface area contributed by atoms with Crippen molar-refractivity contribution in [1.29, 1.82) is 0 Å². The number of carbonyl (C=O) groups excluding carboxylic acids is 1. The van der Waals surface area contributed by atoms with Crippen molar-refractivity contribution < 1.29 is 22.9 Å². The van der Waals surface area contributed by atoms with E-state index in [9.17, 15) is 28.1 Å². The third-order valence-electron chi connectivity index (χ3n) is 6.17. The Hall–Kier alpha value is -3.14. The smallest absolute Gasteiger partial charge is 0.365 e. The van der Waals surface area contributed by atoms with E-state index in [0.29, 0.717) is 25.1 Å². The van der Waals surface area contributed by atoms with Gasteiger partial charge in [0.2, 0.25) is 5.91 Å². The molecule has 1 saturated heterocycles. The number of carbonyl (C=O) groups is 1. The van der Waals surface area contributed by atoms with Crippen LogP contribution in [0.25, 0.3) is 0 Å². The van der Waals surface area contributed by atoms with E-state index in [1.165, 1.54) is 24.3 Å². The van der Waals surface area contributed by atoms with Gasteiger partial charge in [-0.05, 0) is 42.8 Å². The number of likely N-dealkylation sites (N-methyl/N-ethyl adjacent to an activating group) is 1. The fourth-order valence-corrected chi connectivity index (χ4v) is 4.54. The number of piperazine rings is 1. The second-order valence-corrected chi connectivity index (χ2v) is 8.32. The van der Waals surface area contributed by atoms with Gasteiger partial charge >= 0.3 is 6.18 Å². The Balaban J connectivity index is 1.56. The standard InChI is InChI=1S/C22H23F3N4O3/c1-27-7-8-28-19-6-5-17(29(31)32)10-15(19)11-18(20(28)13-27)21(30)26-12-14-3-2-4-16(9-14)22(23,24)25/h2-6,9-10,18,20H,7-8,11-13H2,1H3,(H,26,30)/t18-,20-/m1/s1. The quantitative estimate of drug-likeness (QED) is 0.574. The minimum atomic E-state index is -4.45. The van der Waals surface area contributed by atoms with Crippen LogP contribution in [-0.4, -0.2) is 48.5 Å². The van der Waals surface area contributed by atoms with E-state index in [-0.39, 0.29) is 24.2 Å². The zero-order valence-electron chi connectivity index (χ0n) is 17.4. The van der Waals surface area contributed by atoms with Gasteiger partial charge in [0.25, 0.3) is 5.69 Å². The van der Waals surface area contributed by atoms with Crippen LogP contribution in [0.5, 0.6) is 0 Å². The number of amides is 1. The lowest BCUT2D eigenvalue weighted by Gasteiger charge is -2.48. The normalized spacial score (nSPS) is 20.9. The number of nitrogens with zero attached hydrogens (tertiary/aromatic N) is 3. The van der Waals surface area contributed by atoms with Crippen LogP contribution in [0.1, 0.15) is 16.7 Å². The summed E-state index contributed by atoms with van der Waals surface area (Å²) >= 11 is 0. The molecule has 1 fully saturated rings. The fourth-order valence-electron chi connectivity index (χ4n) is 4.54. The van der Waals surface area contributed by atoms with Gasteiger partial charge in [0.05, 0.1) is 22.4 Å². The number of benzene rings is 2. The van der Waals surface area contributed by atoms with Crippen molar-refractivity contribution in [2.75, 3.05) is 31.6 Å². The number of alkyl halides is 3. The number of hydrogen-bond donors (Lipinski definition) is 1. The van der Waals surface area contributed by atoms with Crippen LogP contribution in [0.15, 0.2) is 42.5 Å². The van der Waals surface area contributed by atoms with Gasteiger partial charge in [0, 0.05) is 44.0 Å². The van der Waals surface area contributed by atoms with Crippen LogP contribution in [0.4, 0.5) is 24.5 Å². The molecule has 0 radical (unpaired) electrons. The Morgan fingerprint density at radius 3 is 2.72 bits per heavy atom. The lowest BCUT2D eigenvalue weighted by atomic mass is 9.83. The highest BCUT2D eigenvalue weighted by Gasteiger charge is 2.41. The van der Waals surface area contributed by atoms with Crippen LogP contribution in [-0.2, 0) is 23.9 Å². The van der Waals surface area contributed by atoms with Crippen molar-refractivity contribution in [3.63, 3.8) is 0 Å². The van der Waals surface area contributed by atoms with Crippen molar-refractivity contribution in [2.45, 2.75) is 25.2 Å². The molecule has 0 aliphatic carbocycles. The number of rotatable bonds is 4. The van der Waals surface area contributed by atoms with Crippen LogP contribution >= 0.6 is 0 Å². The third-order valence-corrected chi connectivity index (χ3v) is 6.17. The number of halogens is 3. The fraction of sp³-hybridized carbons (Fsp3) is 0.409. The Bertz CT molecular complexity index is 1040. The van der Waals surface area contributed by atoms with Gasteiger partial charge in [-0.3, -0.25) is 14.9 Å². The van der Waals surface area contributed by atoms with Crippen molar-refractivity contribution in [3.8, 4) is 0 Å². The second-order valence-electron chi connectivity index (χ2n) is 8.32. The van der Waals surface area contributed by atoms with Crippen molar-refractivity contribution in [3.05, 3.63) is 69.3 Å². The summed E-state index contributed by atoms with van der Waals surface area (Å²) in [5.41, 5.74) is 1.20. The lowest BCUT2D eigenvalue weighted by Crippen LogP contribution is -2.60. The van der Waals surface area contributed by atoms with Crippen LogP contribution < -0.4 is 10.2 Å². The summed E-state index contributed by atoms with van der Waals surface area (Å²) < 4.78 is 38.9. The van der Waals surface area contributed by atoms with Gasteiger partial charge in [-0.25, -0.2) is 0 Å². The molecule has 0 unspecified atom stereocenters. The highest BCUT2D eigenvalue weighted by molar-refractivity contribution is 5.82. The zero-order chi connectivity index (χ0) is 23.0.